The van der Waals surface area contributed by atoms with Crippen LogP contribution >= 0.6 is 0 Å². The summed E-state index contributed by atoms with van der Waals surface area (Å²) in [7, 11) is 0. The number of halogens is 2. The van der Waals surface area contributed by atoms with Crippen molar-refractivity contribution in [3.8, 4) is 0 Å². The van der Waals surface area contributed by atoms with Gasteiger partial charge >= 0.3 is 0 Å². The van der Waals surface area contributed by atoms with Crippen molar-refractivity contribution in [1.29, 1.82) is 0 Å². The third-order valence-electron chi connectivity index (χ3n) is 3.64. The largest absolute Gasteiger partial charge is 0.307 e. The van der Waals surface area contributed by atoms with Gasteiger partial charge in [0.15, 0.2) is 0 Å². The highest BCUT2D eigenvalue weighted by atomic mass is 19.1. The smallest absolute Gasteiger partial charge is 0.131 e. The average Bonchev–Trinajstić information content (AvgIpc) is 2.66. The highest BCUT2D eigenvalue weighted by molar-refractivity contribution is 5.31. The van der Waals surface area contributed by atoms with Crippen molar-refractivity contribution >= 4 is 0 Å². The van der Waals surface area contributed by atoms with Gasteiger partial charge in [0.05, 0.1) is 6.04 Å². The maximum atomic E-state index is 14.0. The van der Waals surface area contributed by atoms with Gasteiger partial charge in [-0.2, -0.15) is 0 Å². The molecule has 0 fully saturated rings. The lowest BCUT2D eigenvalue weighted by atomic mass is 9.94. The number of nitrogens with one attached hydrogen (secondary N) is 1. The van der Waals surface area contributed by atoms with Crippen molar-refractivity contribution in [2.24, 2.45) is 0 Å². The van der Waals surface area contributed by atoms with E-state index in [1.165, 1.54) is 31.0 Å². The Morgan fingerprint density at radius 3 is 2.58 bits per heavy atom. The SMILES string of the molecule is CCNC(C1=CCCCCC1)c1c(F)cccc1F. The summed E-state index contributed by atoms with van der Waals surface area (Å²) in [4.78, 5) is 0. The van der Waals surface area contributed by atoms with E-state index in [0.29, 0.717) is 6.54 Å². The highest BCUT2D eigenvalue weighted by Gasteiger charge is 2.23. The molecule has 0 spiro atoms. The first-order valence-corrected chi connectivity index (χ1v) is 7.10. The zero-order valence-electron chi connectivity index (χ0n) is 11.4. The number of hydrogen-bond donors (Lipinski definition) is 1. The van der Waals surface area contributed by atoms with Crippen molar-refractivity contribution in [1.82, 2.24) is 5.32 Å². The van der Waals surface area contributed by atoms with Gasteiger partial charge in [-0.15, -0.1) is 0 Å². The van der Waals surface area contributed by atoms with Crippen LogP contribution in [0.15, 0.2) is 29.8 Å². The Bertz CT molecular complexity index is 434. The molecule has 1 N–H and O–H groups in total. The van der Waals surface area contributed by atoms with Gasteiger partial charge in [-0.05, 0) is 44.4 Å². The Morgan fingerprint density at radius 1 is 1.16 bits per heavy atom. The monoisotopic (exact) mass is 265 g/mol. The first kappa shape index (κ1) is 14.2. The van der Waals surface area contributed by atoms with Gasteiger partial charge in [0, 0.05) is 5.56 Å². The van der Waals surface area contributed by atoms with Gasteiger partial charge in [0.25, 0.3) is 0 Å². The standard InChI is InChI=1S/C16H21F2N/c1-2-19-16(12-8-5-3-4-6-9-12)15-13(17)10-7-11-14(15)18/h7-8,10-11,16,19H,2-6,9H2,1H3. The quantitative estimate of drug-likeness (QED) is 0.790. The van der Waals surface area contributed by atoms with E-state index in [1.807, 2.05) is 6.92 Å². The second-order valence-electron chi connectivity index (χ2n) is 5.00. The fourth-order valence-corrected chi connectivity index (χ4v) is 2.71. The van der Waals surface area contributed by atoms with E-state index in [2.05, 4.69) is 11.4 Å². The van der Waals surface area contributed by atoms with E-state index < -0.39 is 11.6 Å². The van der Waals surface area contributed by atoms with E-state index in [0.717, 1.165) is 24.8 Å². The van der Waals surface area contributed by atoms with Crippen LogP contribution < -0.4 is 5.32 Å². The summed E-state index contributed by atoms with van der Waals surface area (Å²) in [6.45, 7) is 2.65. The Kier molecular flexibility index (Phi) is 5.08. The molecule has 104 valence electrons. The fourth-order valence-electron chi connectivity index (χ4n) is 2.71. The number of hydrogen-bond acceptors (Lipinski definition) is 1. The topological polar surface area (TPSA) is 12.0 Å². The number of allylic oxidation sites excluding steroid dienone is 1. The van der Waals surface area contributed by atoms with E-state index >= 15 is 0 Å². The van der Waals surface area contributed by atoms with E-state index in [4.69, 9.17) is 0 Å². The predicted octanol–water partition coefficient (Wildman–Crippen LogP) is 4.51. The molecule has 0 heterocycles. The van der Waals surface area contributed by atoms with Crippen LogP contribution in [0, 0.1) is 11.6 Å². The Labute approximate surface area is 113 Å². The van der Waals surface area contributed by atoms with E-state index in [1.54, 1.807) is 0 Å². The van der Waals surface area contributed by atoms with Gasteiger partial charge in [-0.3, -0.25) is 0 Å². The first-order valence-electron chi connectivity index (χ1n) is 7.10. The molecule has 0 bridgehead atoms. The number of benzene rings is 1. The van der Waals surface area contributed by atoms with Crippen LogP contribution in [-0.4, -0.2) is 6.54 Å². The van der Waals surface area contributed by atoms with Crippen LogP contribution in [0.25, 0.3) is 0 Å². The fraction of sp³-hybridized carbons (Fsp3) is 0.500. The lowest BCUT2D eigenvalue weighted by Crippen LogP contribution is -2.25. The summed E-state index contributed by atoms with van der Waals surface area (Å²) in [5.41, 5.74) is 1.29. The van der Waals surface area contributed by atoms with Crippen LogP contribution in [0.3, 0.4) is 0 Å². The number of likely N-dealkylation sites (N-methyl/N-ethyl adjacent to an activating group) is 1. The lowest BCUT2D eigenvalue weighted by molar-refractivity contribution is 0.498. The molecule has 1 aromatic rings. The van der Waals surface area contributed by atoms with Crippen molar-refractivity contribution in [3.05, 3.63) is 47.0 Å². The molecule has 1 aliphatic carbocycles. The molecule has 0 saturated heterocycles. The molecule has 1 aliphatic rings. The summed E-state index contributed by atoms with van der Waals surface area (Å²) < 4.78 is 27.9. The molecule has 0 radical (unpaired) electrons. The summed E-state index contributed by atoms with van der Waals surface area (Å²) in [5, 5.41) is 3.23. The summed E-state index contributed by atoms with van der Waals surface area (Å²) in [6.07, 6.45) is 7.55. The third kappa shape index (κ3) is 3.41. The van der Waals surface area contributed by atoms with Crippen LogP contribution in [0.1, 0.15) is 50.6 Å². The molecular weight excluding hydrogens is 244 g/mol. The maximum Gasteiger partial charge on any atom is 0.131 e. The minimum absolute atomic E-state index is 0.164. The third-order valence-corrected chi connectivity index (χ3v) is 3.64. The van der Waals surface area contributed by atoms with E-state index in [9.17, 15) is 8.78 Å². The molecule has 19 heavy (non-hydrogen) atoms. The Balaban J connectivity index is 2.36. The summed E-state index contributed by atoms with van der Waals surface area (Å²) in [5.74, 6) is -0.924. The lowest BCUT2D eigenvalue weighted by Gasteiger charge is -2.22. The molecule has 0 amide bonds. The molecule has 1 unspecified atom stereocenters. The van der Waals surface area contributed by atoms with Crippen molar-refractivity contribution in [2.75, 3.05) is 6.54 Å². The minimum atomic E-state index is -0.462. The van der Waals surface area contributed by atoms with Crippen LogP contribution in [0.2, 0.25) is 0 Å². The number of rotatable bonds is 4. The van der Waals surface area contributed by atoms with Crippen molar-refractivity contribution in [3.63, 3.8) is 0 Å². The van der Waals surface area contributed by atoms with Gasteiger partial charge in [0.2, 0.25) is 0 Å². The molecule has 2 rings (SSSR count). The molecule has 1 atom stereocenters. The molecular formula is C16H21F2N. The molecule has 1 aromatic carbocycles. The highest BCUT2D eigenvalue weighted by Crippen LogP contribution is 2.32. The zero-order chi connectivity index (χ0) is 13.7. The normalized spacial score (nSPS) is 17.7. The molecule has 3 heteroatoms. The molecule has 0 saturated carbocycles. The van der Waals surface area contributed by atoms with Crippen molar-refractivity contribution in [2.45, 2.75) is 45.1 Å². The zero-order valence-corrected chi connectivity index (χ0v) is 11.4. The average molecular weight is 265 g/mol. The minimum Gasteiger partial charge on any atom is -0.307 e. The second-order valence-corrected chi connectivity index (χ2v) is 5.00. The van der Waals surface area contributed by atoms with Gasteiger partial charge in [-0.25, -0.2) is 8.78 Å². The summed E-state index contributed by atoms with van der Waals surface area (Å²) >= 11 is 0. The predicted molar refractivity (Wildman–Crippen MR) is 73.9 cm³/mol. The summed E-state index contributed by atoms with van der Waals surface area (Å²) in [6, 6.07) is 3.75. The van der Waals surface area contributed by atoms with Crippen LogP contribution in [0.5, 0.6) is 0 Å². The van der Waals surface area contributed by atoms with Gasteiger partial charge in [-0.1, -0.05) is 31.1 Å². The Hall–Kier alpha value is -1.22. The van der Waals surface area contributed by atoms with Gasteiger partial charge in [0.1, 0.15) is 11.6 Å². The maximum absolute atomic E-state index is 14.0. The van der Waals surface area contributed by atoms with Crippen molar-refractivity contribution < 1.29 is 8.78 Å². The first-order chi connectivity index (χ1) is 9.24. The van der Waals surface area contributed by atoms with E-state index in [-0.39, 0.29) is 11.6 Å². The van der Waals surface area contributed by atoms with Gasteiger partial charge < -0.3 is 5.32 Å². The molecule has 1 nitrogen and oxygen atoms in total. The molecule has 0 aromatic heterocycles. The second kappa shape index (κ2) is 6.80. The van der Waals surface area contributed by atoms with Crippen LogP contribution in [0.4, 0.5) is 8.78 Å². The Morgan fingerprint density at radius 2 is 1.89 bits per heavy atom. The van der Waals surface area contributed by atoms with Crippen LogP contribution in [-0.2, 0) is 0 Å². The molecule has 0 aliphatic heterocycles.